The van der Waals surface area contributed by atoms with Gasteiger partial charge in [0.15, 0.2) is 5.82 Å². The monoisotopic (exact) mass is 410 g/mol. The van der Waals surface area contributed by atoms with E-state index in [1.807, 2.05) is 24.4 Å². The number of nitrogens with zero attached hydrogens (tertiary/aromatic N) is 6. The molecule has 1 aromatic carbocycles. The third-order valence-corrected chi connectivity index (χ3v) is 5.42. The Bertz CT molecular complexity index is 1230. The van der Waals surface area contributed by atoms with Crippen LogP contribution in [0.1, 0.15) is 0 Å². The van der Waals surface area contributed by atoms with Crippen molar-refractivity contribution < 1.29 is 4.74 Å². The molecular formula is C20H19ClN6O2. The van der Waals surface area contributed by atoms with Crippen LogP contribution in [0.4, 0.5) is 0 Å². The Labute approximate surface area is 171 Å². The molecule has 9 heteroatoms. The molecule has 0 saturated carbocycles. The average Bonchev–Trinajstić information content (AvgIpc) is 3.19. The number of aromatic nitrogens is 5. The van der Waals surface area contributed by atoms with Gasteiger partial charge in [-0.05, 0) is 30.3 Å². The highest BCUT2D eigenvalue weighted by molar-refractivity contribution is 6.30. The number of pyridine rings is 1. The molecule has 0 spiro atoms. The molecule has 4 heterocycles. The van der Waals surface area contributed by atoms with Crippen LogP contribution < -0.4 is 5.56 Å². The second kappa shape index (κ2) is 7.55. The van der Waals surface area contributed by atoms with E-state index in [1.165, 1.54) is 0 Å². The molecule has 0 aliphatic carbocycles. The summed E-state index contributed by atoms with van der Waals surface area (Å²) in [6, 6.07) is 9.20. The fourth-order valence-corrected chi connectivity index (χ4v) is 3.66. The summed E-state index contributed by atoms with van der Waals surface area (Å²) in [5.41, 5.74) is 1.45. The Kier molecular flexibility index (Phi) is 4.75. The Balaban J connectivity index is 1.49. The van der Waals surface area contributed by atoms with E-state index in [-0.39, 0.29) is 5.56 Å². The first-order valence-corrected chi connectivity index (χ1v) is 9.88. The largest absolute Gasteiger partial charge is 0.379 e. The highest BCUT2D eigenvalue weighted by atomic mass is 35.5. The third kappa shape index (κ3) is 3.50. The quantitative estimate of drug-likeness (QED) is 0.512. The summed E-state index contributed by atoms with van der Waals surface area (Å²) < 4.78 is 8.72. The van der Waals surface area contributed by atoms with Gasteiger partial charge in [0.2, 0.25) is 0 Å². The first-order valence-electron chi connectivity index (χ1n) is 9.50. The van der Waals surface area contributed by atoms with E-state index in [0.29, 0.717) is 34.1 Å². The fourth-order valence-electron chi connectivity index (χ4n) is 3.53. The zero-order chi connectivity index (χ0) is 19.8. The van der Waals surface area contributed by atoms with Crippen LogP contribution >= 0.6 is 11.6 Å². The molecule has 5 rings (SSSR count). The zero-order valence-electron chi connectivity index (χ0n) is 15.7. The second-order valence-electron chi connectivity index (χ2n) is 6.98. The van der Waals surface area contributed by atoms with Crippen LogP contribution in [0.5, 0.6) is 0 Å². The van der Waals surface area contributed by atoms with E-state index in [2.05, 4.69) is 20.0 Å². The number of morpholine rings is 1. The Morgan fingerprint density at radius 1 is 1.07 bits per heavy atom. The van der Waals surface area contributed by atoms with E-state index in [1.54, 1.807) is 27.4 Å². The van der Waals surface area contributed by atoms with Gasteiger partial charge >= 0.3 is 0 Å². The van der Waals surface area contributed by atoms with Crippen molar-refractivity contribution in [3.63, 3.8) is 0 Å². The van der Waals surface area contributed by atoms with E-state index in [9.17, 15) is 4.79 Å². The smallest absolute Gasteiger partial charge is 0.261 e. The molecule has 1 fully saturated rings. The summed E-state index contributed by atoms with van der Waals surface area (Å²) in [5.74, 6) is 0.992. The Hall–Kier alpha value is -2.81. The van der Waals surface area contributed by atoms with E-state index >= 15 is 0 Å². The summed E-state index contributed by atoms with van der Waals surface area (Å²) in [7, 11) is 0. The molecule has 4 aromatic rings. The molecule has 0 amide bonds. The van der Waals surface area contributed by atoms with Gasteiger partial charge in [-0.25, -0.2) is 4.98 Å². The predicted molar refractivity (Wildman–Crippen MR) is 110 cm³/mol. The van der Waals surface area contributed by atoms with Gasteiger partial charge in [-0.2, -0.15) is 9.50 Å². The van der Waals surface area contributed by atoms with E-state index in [4.69, 9.17) is 16.3 Å². The minimum absolute atomic E-state index is 0.0753. The predicted octanol–water partition coefficient (Wildman–Crippen LogP) is 2.09. The minimum Gasteiger partial charge on any atom is -0.379 e. The van der Waals surface area contributed by atoms with Crippen LogP contribution in [0, 0.1) is 0 Å². The summed E-state index contributed by atoms with van der Waals surface area (Å²) in [6.07, 6.45) is 3.40. The zero-order valence-corrected chi connectivity index (χ0v) is 16.4. The third-order valence-electron chi connectivity index (χ3n) is 5.17. The van der Waals surface area contributed by atoms with Crippen LogP contribution in [0.15, 0.2) is 47.5 Å². The second-order valence-corrected chi connectivity index (χ2v) is 7.42. The van der Waals surface area contributed by atoms with E-state index in [0.717, 1.165) is 38.4 Å². The topological polar surface area (TPSA) is 77.6 Å². The highest BCUT2D eigenvalue weighted by Gasteiger charge is 2.14. The van der Waals surface area contributed by atoms with Gasteiger partial charge in [-0.3, -0.25) is 9.69 Å². The highest BCUT2D eigenvalue weighted by Crippen LogP contribution is 2.20. The molecule has 1 saturated heterocycles. The van der Waals surface area contributed by atoms with Gasteiger partial charge in [-0.15, -0.1) is 5.10 Å². The molecular weight excluding hydrogens is 392 g/mol. The van der Waals surface area contributed by atoms with Crippen molar-refractivity contribution in [2.75, 3.05) is 32.8 Å². The van der Waals surface area contributed by atoms with Crippen molar-refractivity contribution in [1.82, 2.24) is 29.0 Å². The van der Waals surface area contributed by atoms with Crippen LogP contribution in [0.2, 0.25) is 5.02 Å². The summed E-state index contributed by atoms with van der Waals surface area (Å²) in [6.45, 7) is 4.73. The van der Waals surface area contributed by atoms with Gasteiger partial charge in [0.1, 0.15) is 0 Å². The lowest BCUT2D eigenvalue weighted by molar-refractivity contribution is 0.0363. The van der Waals surface area contributed by atoms with E-state index < -0.39 is 0 Å². The van der Waals surface area contributed by atoms with Crippen molar-refractivity contribution in [2.45, 2.75) is 6.54 Å². The molecule has 29 heavy (non-hydrogen) atoms. The Morgan fingerprint density at radius 3 is 2.66 bits per heavy atom. The van der Waals surface area contributed by atoms with Crippen molar-refractivity contribution in [1.29, 1.82) is 0 Å². The molecule has 0 radical (unpaired) electrons. The SMILES string of the molecule is O=c1c2cnc3nc(-c4ccc(Cl)cc4)nn3c2ccn1CCN1CCOCC1. The molecule has 0 N–H and O–H groups in total. The standard InChI is InChI=1S/C20H19ClN6O2/c21-15-3-1-14(2-4-15)18-23-20-22-13-16-17(27(20)24-18)5-6-26(19(16)28)8-7-25-9-11-29-12-10-25/h1-6,13H,7-12H2. The molecule has 0 atom stereocenters. The van der Waals surface area contributed by atoms with Gasteiger partial charge in [0.25, 0.3) is 11.3 Å². The molecule has 3 aromatic heterocycles. The lowest BCUT2D eigenvalue weighted by Crippen LogP contribution is -2.39. The fraction of sp³-hybridized carbons (Fsp3) is 0.300. The summed E-state index contributed by atoms with van der Waals surface area (Å²) in [5, 5.41) is 5.73. The van der Waals surface area contributed by atoms with Crippen LogP contribution in [-0.2, 0) is 11.3 Å². The maximum atomic E-state index is 13.0. The normalized spacial score (nSPS) is 15.3. The molecule has 8 nitrogen and oxygen atoms in total. The van der Waals surface area contributed by atoms with Crippen molar-refractivity contribution >= 4 is 28.3 Å². The maximum Gasteiger partial charge on any atom is 0.261 e. The van der Waals surface area contributed by atoms with Gasteiger partial charge in [-0.1, -0.05) is 11.6 Å². The average molecular weight is 411 g/mol. The van der Waals surface area contributed by atoms with Crippen molar-refractivity contribution in [3.05, 3.63) is 58.1 Å². The van der Waals surface area contributed by atoms with Crippen molar-refractivity contribution in [2.24, 2.45) is 0 Å². The minimum atomic E-state index is -0.0753. The van der Waals surface area contributed by atoms with Gasteiger partial charge in [0.05, 0.1) is 24.1 Å². The summed E-state index contributed by atoms with van der Waals surface area (Å²) in [4.78, 5) is 24.1. The lowest BCUT2D eigenvalue weighted by Gasteiger charge is -2.26. The summed E-state index contributed by atoms with van der Waals surface area (Å²) >= 11 is 5.96. The molecule has 1 aliphatic rings. The number of fused-ring (bicyclic) bond motifs is 3. The first-order chi connectivity index (χ1) is 14.2. The number of halogens is 1. The lowest BCUT2D eigenvalue weighted by atomic mass is 10.2. The number of hydrogen-bond donors (Lipinski definition) is 0. The van der Waals surface area contributed by atoms with Gasteiger partial charge in [0, 0.05) is 49.2 Å². The molecule has 0 unspecified atom stereocenters. The van der Waals surface area contributed by atoms with Crippen LogP contribution in [-0.4, -0.2) is 61.9 Å². The molecule has 148 valence electrons. The number of hydrogen-bond acceptors (Lipinski definition) is 6. The van der Waals surface area contributed by atoms with Crippen LogP contribution in [0.3, 0.4) is 0 Å². The van der Waals surface area contributed by atoms with Crippen molar-refractivity contribution in [3.8, 4) is 11.4 Å². The Morgan fingerprint density at radius 2 is 1.86 bits per heavy atom. The number of benzene rings is 1. The maximum absolute atomic E-state index is 13.0. The number of ether oxygens (including phenoxy) is 1. The molecule has 0 bridgehead atoms. The van der Waals surface area contributed by atoms with Crippen LogP contribution in [0.25, 0.3) is 28.1 Å². The first kappa shape index (κ1) is 18.2. The number of rotatable bonds is 4. The van der Waals surface area contributed by atoms with Gasteiger partial charge < -0.3 is 9.30 Å². The molecule has 1 aliphatic heterocycles.